The number of amides is 2. The lowest BCUT2D eigenvalue weighted by atomic mass is 9.85. The van der Waals surface area contributed by atoms with Crippen molar-refractivity contribution in [1.29, 1.82) is 0 Å². The monoisotopic (exact) mass is 356 g/mol. The summed E-state index contributed by atoms with van der Waals surface area (Å²) >= 11 is 0. The molecule has 27 heavy (non-hydrogen) atoms. The van der Waals surface area contributed by atoms with Gasteiger partial charge >= 0.3 is 0 Å². The Morgan fingerprint density at radius 3 is 2.26 bits per heavy atom. The third-order valence-corrected chi connectivity index (χ3v) is 6.80. The maximum Gasteiger partial charge on any atom is 0.238 e. The molecule has 4 nitrogen and oxygen atoms in total. The Morgan fingerprint density at radius 1 is 0.889 bits per heavy atom. The fourth-order valence-electron chi connectivity index (χ4n) is 5.68. The van der Waals surface area contributed by atoms with Crippen molar-refractivity contribution in [1.82, 2.24) is 4.57 Å². The first-order valence-electron chi connectivity index (χ1n) is 9.76. The van der Waals surface area contributed by atoms with Gasteiger partial charge in [-0.1, -0.05) is 30.4 Å². The van der Waals surface area contributed by atoms with E-state index in [0.717, 1.165) is 29.3 Å². The predicted octanol–water partition coefficient (Wildman–Crippen LogP) is 4.13. The Labute approximate surface area is 157 Å². The highest BCUT2D eigenvalue weighted by molar-refractivity contribution is 6.23. The second-order valence-electron chi connectivity index (χ2n) is 7.97. The van der Waals surface area contributed by atoms with Crippen molar-refractivity contribution in [3.8, 4) is 0 Å². The molecule has 2 fully saturated rings. The van der Waals surface area contributed by atoms with E-state index >= 15 is 0 Å². The second-order valence-corrected chi connectivity index (χ2v) is 7.97. The maximum absolute atomic E-state index is 13.1. The highest BCUT2D eigenvalue weighted by atomic mass is 16.2. The normalized spacial score (nSPS) is 28.9. The van der Waals surface area contributed by atoms with Gasteiger partial charge in [-0.25, -0.2) is 4.90 Å². The summed E-state index contributed by atoms with van der Waals surface area (Å²) in [4.78, 5) is 27.7. The van der Waals surface area contributed by atoms with E-state index in [1.165, 1.54) is 10.4 Å². The highest BCUT2D eigenvalue weighted by Crippen LogP contribution is 2.53. The van der Waals surface area contributed by atoms with Crippen LogP contribution in [0.1, 0.15) is 13.3 Å². The molecule has 2 aliphatic carbocycles. The molecule has 3 aliphatic rings. The number of hydrogen-bond donors (Lipinski definition) is 0. The number of imide groups is 1. The molecule has 3 aromatic rings. The van der Waals surface area contributed by atoms with Gasteiger partial charge in [0.2, 0.25) is 11.8 Å². The number of carbonyl (C=O) groups is 2. The van der Waals surface area contributed by atoms with E-state index in [0.29, 0.717) is 5.69 Å². The van der Waals surface area contributed by atoms with E-state index in [-0.39, 0.29) is 35.5 Å². The first kappa shape index (κ1) is 15.2. The molecule has 0 radical (unpaired) electrons. The van der Waals surface area contributed by atoms with Crippen molar-refractivity contribution >= 4 is 39.3 Å². The molecule has 1 aliphatic heterocycles. The highest BCUT2D eigenvalue weighted by Gasteiger charge is 2.59. The molecule has 4 atom stereocenters. The SMILES string of the molecule is CCn1c2ccccc2c2cc(N3C(=O)[C@@H]4[C@@H](C3=O)[C@H]3C=C[C@@H]4C3)ccc21. The van der Waals surface area contributed by atoms with Crippen molar-refractivity contribution in [2.45, 2.75) is 19.9 Å². The molecule has 2 amide bonds. The van der Waals surface area contributed by atoms with Gasteiger partial charge in [0.15, 0.2) is 0 Å². The molecule has 2 bridgehead atoms. The number of aromatic nitrogens is 1. The zero-order valence-corrected chi connectivity index (χ0v) is 15.1. The minimum Gasteiger partial charge on any atom is -0.341 e. The van der Waals surface area contributed by atoms with Gasteiger partial charge in [-0.05, 0) is 49.4 Å². The number of hydrogen-bond acceptors (Lipinski definition) is 2. The van der Waals surface area contributed by atoms with Crippen LogP contribution in [-0.2, 0) is 16.1 Å². The first-order valence-corrected chi connectivity index (χ1v) is 9.76. The zero-order chi connectivity index (χ0) is 18.3. The van der Waals surface area contributed by atoms with Crippen molar-refractivity contribution in [3.63, 3.8) is 0 Å². The lowest BCUT2D eigenvalue weighted by molar-refractivity contribution is -0.123. The Bertz CT molecular complexity index is 1140. The van der Waals surface area contributed by atoms with Crippen molar-refractivity contribution in [3.05, 3.63) is 54.6 Å². The van der Waals surface area contributed by atoms with E-state index in [4.69, 9.17) is 0 Å². The van der Waals surface area contributed by atoms with E-state index in [2.05, 4.69) is 41.8 Å². The number of nitrogens with zero attached hydrogens (tertiary/aromatic N) is 2. The van der Waals surface area contributed by atoms with Crippen molar-refractivity contribution in [2.24, 2.45) is 23.7 Å². The number of allylic oxidation sites excluding steroid dienone is 2. The minimum absolute atomic E-state index is 0.0135. The number of carbonyl (C=O) groups excluding carboxylic acids is 2. The van der Waals surface area contributed by atoms with Crippen LogP contribution < -0.4 is 4.90 Å². The molecule has 134 valence electrons. The van der Waals surface area contributed by atoms with Gasteiger partial charge in [-0.2, -0.15) is 0 Å². The summed E-state index contributed by atoms with van der Waals surface area (Å²) in [6.45, 7) is 3.02. The molecule has 4 heteroatoms. The van der Waals surface area contributed by atoms with Crippen LogP contribution in [0.5, 0.6) is 0 Å². The zero-order valence-electron chi connectivity index (χ0n) is 15.1. The van der Waals surface area contributed by atoms with Gasteiger partial charge in [0.05, 0.1) is 17.5 Å². The summed E-state index contributed by atoms with van der Waals surface area (Å²) in [5.74, 6) is 0.153. The molecule has 1 saturated carbocycles. The van der Waals surface area contributed by atoms with Crippen LogP contribution in [0.15, 0.2) is 54.6 Å². The summed E-state index contributed by atoms with van der Waals surface area (Å²) in [6.07, 6.45) is 5.24. The third kappa shape index (κ3) is 1.78. The fourth-order valence-corrected chi connectivity index (χ4v) is 5.68. The minimum atomic E-state index is -0.153. The van der Waals surface area contributed by atoms with Gasteiger partial charge in [0, 0.05) is 28.4 Å². The number of anilines is 1. The number of rotatable bonds is 2. The smallest absolute Gasteiger partial charge is 0.238 e. The Morgan fingerprint density at radius 2 is 1.56 bits per heavy atom. The number of para-hydroxylation sites is 1. The average Bonchev–Trinajstić information content (AvgIpc) is 3.43. The first-order chi connectivity index (χ1) is 13.2. The lowest BCUT2D eigenvalue weighted by Crippen LogP contribution is -2.32. The molecule has 1 aromatic heterocycles. The van der Waals surface area contributed by atoms with E-state index < -0.39 is 0 Å². The average molecular weight is 356 g/mol. The van der Waals surface area contributed by atoms with Crippen LogP contribution >= 0.6 is 0 Å². The molecule has 2 aromatic carbocycles. The molecule has 0 spiro atoms. The molecular weight excluding hydrogens is 336 g/mol. The van der Waals surface area contributed by atoms with Crippen LogP contribution in [0, 0.1) is 23.7 Å². The van der Waals surface area contributed by atoms with Crippen molar-refractivity contribution < 1.29 is 9.59 Å². The van der Waals surface area contributed by atoms with Gasteiger partial charge in [0.1, 0.15) is 0 Å². The van der Waals surface area contributed by atoms with Gasteiger partial charge in [-0.15, -0.1) is 0 Å². The molecule has 1 saturated heterocycles. The van der Waals surface area contributed by atoms with Gasteiger partial charge in [-0.3, -0.25) is 9.59 Å². The number of benzene rings is 2. The van der Waals surface area contributed by atoms with Crippen molar-refractivity contribution in [2.75, 3.05) is 4.90 Å². The molecule has 0 N–H and O–H groups in total. The maximum atomic E-state index is 13.1. The second kappa shape index (κ2) is 5.10. The Hall–Kier alpha value is -2.88. The summed E-state index contributed by atoms with van der Waals surface area (Å²) in [5, 5.41) is 2.26. The van der Waals surface area contributed by atoms with E-state index in [1.54, 1.807) is 0 Å². The summed E-state index contributed by atoms with van der Waals surface area (Å²) in [7, 11) is 0. The van der Waals surface area contributed by atoms with E-state index in [1.807, 2.05) is 24.3 Å². The Kier molecular flexibility index (Phi) is 2.87. The Balaban J connectivity index is 1.52. The molecule has 2 heterocycles. The van der Waals surface area contributed by atoms with Gasteiger partial charge in [0.25, 0.3) is 0 Å². The standard InChI is InChI=1S/C23H20N2O2/c1-2-24-18-6-4-3-5-16(18)17-12-15(9-10-19(17)24)25-22(26)20-13-7-8-14(11-13)21(20)23(25)27/h3-10,12-14,20-21H,2,11H2,1H3/t13-,14+,20-,21-/m0/s1. The van der Waals surface area contributed by atoms with Crippen LogP contribution in [0.3, 0.4) is 0 Å². The molecule has 6 rings (SSSR count). The van der Waals surface area contributed by atoms with Crippen LogP contribution in [0.2, 0.25) is 0 Å². The number of aryl methyl sites for hydroxylation is 1. The van der Waals surface area contributed by atoms with Crippen LogP contribution in [-0.4, -0.2) is 16.4 Å². The van der Waals surface area contributed by atoms with E-state index in [9.17, 15) is 9.59 Å². The van der Waals surface area contributed by atoms with Crippen LogP contribution in [0.4, 0.5) is 5.69 Å². The summed E-state index contributed by atoms with van der Waals surface area (Å²) < 4.78 is 2.28. The third-order valence-electron chi connectivity index (χ3n) is 6.80. The predicted molar refractivity (Wildman–Crippen MR) is 105 cm³/mol. The largest absolute Gasteiger partial charge is 0.341 e. The van der Waals surface area contributed by atoms with Gasteiger partial charge < -0.3 is 4.57 Å². The molecular formula is C23H20N2O2. The summed E-state index contributed by atoms with van der Waals surface area (Å²) in [5.41, 5.74) is 3.04. The summed E-state index contributed by atoms with van der Waals surface area (Å²) in [6, 6.07) is 14.3. The quantitative estimate of drug-likeness (QED) is 0.512. The number of fused-ring (bicyclic) bond motifs is 8. The fraction of sp³-hybridized carbons (Fsp3) is 0.304. The lowest BCUT2D eigenvalue weighted by Gasteiger charge is -2.17. The molecule has 0 unspecified atom stereocenters. The van der Waals surface area contributed by atoms with Crippen LogP contribution in [0.25, 0.3) is 21.8 Å². The topological polar surface area (TPSA) is 42.3 Å².